The van der Waals surface area contributed by atoms with Crippen molar-refractivity contribution in [3.63, 3.8) is 0 Å². The summed E-state index contributed by atoms with van der Waals surface area (Å²) < 4.78 is 13.5. The zero-order valence-corrected chi connectivity index (χ0v) is 19.3. The van der Waals surface area contributed by atoms with Crippen LogP contribution in [-0.2, 0) is 22.8 Å². The molecule has 0 aliphatic heterocycles. The Morgan fingerprint density at radius 2 is 2.12 bits per heavy atom. The van der Waals surface area contributed by atoms with Gasteiger partial charge in [0.1, 0.15) is 13.1 Å². The van der Waals surface area contributed by atoms with Crippen LogP contribution in [0.4, 0.5) is 5.82 Å². The molecular weight excluding hydrogens is 448 g/mol. The smallest absolute Gasteiger partial charge is 0.336 e. The van der Waals surface area contributed by atoms with Crippen molar-refractivity contribution in [2.75, 3.05) is 18.5 Å². The lowest BCUT2D eigenvalue weighted by molar-refractivity contribution is -0.0491. The lowest BCUT2D eigenvalue weighted by Gasteiger charge is -2.17. The highest BCUT2D eigenvalue weighted by atomic mass is 35.5. The van der Waals surface area contributed by atoms with Crippen LogP contribution in [-0.4, -0.2) is 49.9 Å². The minimum Gasteiger partial charge on any atom is -0.478 e. The van der Waals surface area contributed by atoms with Crippen molar-refractivity contribution in [1.29, 1.82) is 0 Å². The number of nitrogens with zero attached hydrogens (tertiary/aromatic N) is 4. The minimum absolute atomic E-state index is 0.0765. The number of aromatic nitrogens is 4. The van der Waals surface area contributed by atoms with E-state index in [1.807, 2.05) is 13.8 Å². The molecule has 1 aromatic carbocycles. The van der Waals surface area contributed by atoms with Crippen LogP contribution >= 0.6 is 11.6 Å². The molecule has 33 heavy (non-hydrogen) atoms. The number of carbonyl (C=O) groups is 1. The van der Waals surface area contributed by atoms with Gasteiger partial charge in [-0.1, -0.05) is 31.2 Å². The summed E-state index contributed by atoms with van der Waals surface area (Å²) in [6, 6.07) is 4.75. The third kappa shape index (κ3) is 6.19. The Bertz CT molecular complexity index is 1120. The van der Waals surface area contributed by atoms with Crippen LogP contribution in [0.5, 0.6) is 0 Å². The van der Waals surface area contributed by atoms with Gasteiger partial charge in [-0.2, -0.15) is 0 Å². The first-order valence-electron chi connectivity index (χ1n) is 10.5. The summed E-state index contributed by atoms with van der Waals surface area (Å²) in [6.07, 6.45) is 3.57. The van der Waals surface area contributed by atoms with E-state index in [9.17, 15) is 9.90 Å². The molecule has 0 saturated carbocycles. The number of imidazole rings is 1. The van der Waals surface area contributed by atoms with Gasteiger partial charge in [0.15, 0.2) is 17.0 Å². The number of fused-ring (bicyclic) bond motifs is 1. The van der Waals surface area contributed by atoms with Gasteiger partial charge in [0, 0.05) is 17.1 Å². The monoisotopic (exact) mass is 474 g/mol. The highest BCUT2D eigenvalue weighted by Crippen LogP contribution is 2.22. The fraction of sp³-hybridized carbons (Fsp3) is 0.364. The Labute approximate surface area is 196 Å². The van der Waals surface area contributed by atoms with Crippen molar-refractivity contribution in [2.45, 2.75) is 39.7 Å². The van der Waals surface area contributed by atoms with E-state index < -0.39 is 5.97 Å². The van der Waals surface area contributed by atoms with Crippen molar-refractivity contribution in [3.05, 3.63) is 59.4 Å². The lowest BCUT2D eigenvalue weighted by atomic mass is 10.1. The SMILES string of the molecule is C=C(NCC)Nc1ncnc2c1ncn2COC(CC)COCc1c(Cl)cccc1C(=O)O. The Hall–Kier alpha value is -3.21. The Morgan fingerprint density at radius 1 is 1.30 bits per heavy atom. The first kappa shape index (κ1) is 24.4. The fourth-order valence-electron chi connectivity index (χ4n) is 3.13. The van der Waals surface area contributed by atoms with Gasteiger partial charge in [0.05, 0.1) is 37.0 Å². The Kier molecular flexibility index (Phi) is 8.58. The molecule has 0 bridgehead atoms. The normalized spacial score (nSPS) is 12.0. The second-order valence-electron chi connectivity index (χ2n) is 7.15. The highest BCUT2D eigenvalue weighted by Gasteiger charge is 2.16. The average molecular weight is 475 g/mol. The number of hydrogen-bond donors (Lipinski definition) is 3. The predicted molar refractivity (Wildman–Crippen MR) is 125 cm³/mol. The number of carboxylic acids is 1. The number of halogens is 1. The predicted octanol–water partition coefficient (Wildman–Crippen LogP) is 3.64. The standard InChI is InChI=1S/C22H27ClN6O4/c1-4-15(9-32-10-17-16(22(30)31)7-6-8-18(17)23)33-13-29-12-27-19-20(25-11-26-21(19)29)28-14(3)24-5-2/h6-8,11-12,15,24H,3-5,9-10,13H2,1-2H3,(H,30,31)(H,25,26,28). The largest absolute Gasteiger partial charge is 0.478 e. The van der Waals surface area contributed by atoms with Crippen molar-refractivity contribution < 1.29 is 19.4 Å². The van der Waals surface area contributed by atoms with Crippen LogP contribution in [0.15, 0.2) is 43.3 Å². The number of rotatable bonds is 13. The van der Waals surface area contributed by atoms with Gasteiger partial charge >= 0.3 is 5.97 Å². The number of carboxylic acid groups (broad SMARTS) is 1. The first-order valence-corrected chi connectivity index (χ1v) is 10.9. The highest BCUT2D eigenvalue weighted by molar-refractivity contribution is 6.31. The Morgan fingerprint density at radius 3 is 2.85 bits per heavy atom. The second kappa shape index (κ2) is 11.6. The van der Waals surface area contributed by atoms with E-state index >= 15 is 0 Å². The van der Waals surface area contributed by atoms with E-state index in [2.05, 4.69) is 32.2 Å². The number of nitrogens with one attached hydrogen (secondary N) is 2. The zero-order valence-electron chi connectivity index (χ0n) is 18.5. The summed E-state index contributed by atoms with van der Waals surface area (Å²) in [4.78, 5) is 24.4. The van der Waals surface area contributed by atoms with Crippen LogP contribution in [0, 0.1) is 0 Å². The van der Waals surface area contributed by atoms with Gasteiger partial charge in [0.25, 0.3) is 0 Å². The third-order valence-electron chi connectivity index (χ3n) is 4.86. The molecule has 1 atom stereocenters. The molecule has 0 aliphatic carbocycles. The molecule has 0 spiro atoms. The van der Waals surface area contributed by atoms with Crippen molar-refractivity contribution >= 4 is 34.6 Å². The molecule has 0 saturated heterocycles. The average Bonchev–Trinajstić information content (AvgIpc) is 3.21. The minimum atomic E-state index is -1.05. The molecule has 3 rings (SSSR count). The number of ether oxygens (including phenoxy) is 2. The molecule has 11 heteroatoms. The molecule has 0 radical (unpaired) electrons. The van der Waals surface area contributed by atoms with Crippen LogP contribution in [0.3, 0.4) is 0 Å². The van der Waals surface area contributed by atoms with Gasteiger partial charge in [-0.25, -0.2) is 19.7 Å². The van der Waals surface area contributed by atoms with E-state index in [1.165, 1.54) is 12.4 Å². The maximum atomic E-state index is 11.4. The molecule has 3 aromatic rings. The molecule has 10 nitrogen and oxygen atoms in total. The molecule has 0 amide bonds. The molecule has 2 aromatic heterocycles. The van der Waals surface area contributed by atoms with Crippen LogP contribution in [0.1, 0.15) is 36.2 Å². The fourth-order valence-corrected chi connectivity index (χ4v) is 3.36. The molecule has 0 aliphatic rings. The molecule has 3 N–H and O–H groups in total. The van der Waals surface area contributed by atoms with Crippen molar-refractivity contribution in [2.24, 2.45) is 0 Å². The van der Waals surface area contributed by atoms with Gasteiger partial charge in [-0.3, -0.25) is 4.57 Å². The quantitative estimate of drug-likeness (QED) is 0.340. The van der Waals surface area contributed by atoms with Crippen LogP contribution < -0.4 is 10.6 Å². The maximum Gasteiger partial charge on any atom is 0.336 e. The summed E-state index contributed by atoms with van der Waals surface area (Å²) in [5, 5.41) is 15.9. The van der Waals surface area contributed by atoms with E-state index in [1.54, 1.807) is 23.0 Å². The summed E-state index contributed by atoms with van der Waals surface area (Å²) >= 11 is 6.16. The molecule has 2 heterocycles. The summed E-state index contributed by atoms with van der Waals surface area (Å²) in [5.74, 6) is 0.126. The maximum absolute atomic E-state index is 11.4. The summed E-state index contributed by atoms with van der Waals surface area (Å²) in [6.45, 7) is 9.16. The first-order chi connectivity index (χ1) is 15.9. The third-order valence-corrected chi connectivity index (χ3v) is 5.22. The van der Waals surface area contributed by atoms with Crippen LogP contribution in [0.25, 0.3) is 11.2 Å². The number of anilines is 1. The van der Waals surface area contributed by atoms with E-state index in [0.717, 1.165) is 6.54 Å². The van der Waals surface area contributed by atoms with Gasteiger partial charge in [-0.05, 0) is 25.5 Å². The van der Waals surface area contributed by atoms with Crippen LogP contribution in [0.2, 0.25) is 5.02 Å². The molecule has 0 fully saturated rings. The van der Waals surface area contributed by atoms with Gasteiger partial charge in [-0.15, -0.1) is 0 Å². The topological polar surface area (TPSA) is 123 Å². The summed E-state index contributed by atoms with van der Waals surface area (Å²) in [5.41, 5.74) is 1.79. The number of hydrogen-bond acceptors (Lipinski definition) is 8. The molecule has 1 unspecified atom stereocenters. The van der Waals surface area contributed by atoms with Crippen molar-refractivity contribution in [3.8, 4) is 0 Å². The van der Waals surface area contributed by atoms with E-state index in [0.29, 0.717) is 39.8 Å². The number of aromatic carboxylic acids is 1. The molecular formula is C22H27ClN6O4. The summed E-state index contributed by atoms with van der Waals surface area (Å²) in [7, 11) is 0. The van der Waals surface area contributed by atoms with E-state index in [-0.39, 0.29) is 31.6 Å². The Balaban J connectivity index is 1.60. The number of benzene rings is 1. The van der Waals surface area contributed by atoms with E-state index in [4.69, 9.17) is 21.1 Å². The van der Waals surface area contributed by atoms with Crippen molar-refractivity contribution in [1.82, 2.24) is 24.8 Å². The van der Waals surface area contributed by atoms with Gasteiger partial charge in [0.2, 0.25) is 0 Å². The molecule has 176 valence electrons. The zero-order chi connectivity index (χ0) is 23.8. The lowest BCUT2D eigenvalue weighted by Crippen LogP contribution is -2.21. The second-order valence-corrected chi connectivity index (χ2v) is 7.56. The van der Waals surface area contributed by atoms with Gasteiger partial charge < -0.3 is 25.2 Å².